The number of hydrogen-bond donors (Lipinski definition) is 0. The zero-order valence-electron chi connectivity index (χ0n) is 8.86. The van der Waals surface area contributed by atoms with Crippen molar-refractivity contribution in [2.45, 2.75) is 0 Å². The predicted molar refractivity (Wildman–Crippen MR) is 60.0 cm³/mol. The molecule has 1 rings (SSSR count). The van der Waals surface area contributed by atoms with Crippen molar-refractivity contribution >= 4 is 29.0 Å². The molecule has 0 fully saturated rings. The van der Waals surface area contributed by atoms with E-state index in [0.717, 1.165) is 0 Å². The molecule has 4 nitrogen and oxygen atoms in total. The van der Waals surface area contributed by atoms with Crippen LogP contribution in [0.5, 0.6) is 0 Å². The van der Waals surface area contributed by atoms with Gasteiger partial charge in [0.25, 0.3) is 11.1 Å². The molecular weight excluding hydrogens is 230 g/mol. The third-order valence-electron chi connectivity index (χ3n) is 2.04. The molecule has 1 aromatic carbocycles. The number of halogens is 1. The quantitative estimate of drug-likeness (QED) is 0.594. The molecule has 5 heteroatoms. The molecule has 0 saturated heterocycles. The van der Waals surface area contributed by atoms with Crippen molar-refractivity contribution in [1.82, 2.24) is 4.90 Å². The first-order valence-corrected chi connectivity index (χ1v) is 4.86. The molecule has 0 atom stereocenters. The van der Waals surface area contributed by atoms with Crippen LogP contribution in [0.25, 0.3) is 0 Å². The Morgan fingerprint density at radius 3 is 2.38 bits per heavy atom. The van der Waals surface area contributed by atoms with Crippen molar-refractivity contribution in [1.29, 1.82) is 0 Å². The van der Waals surface area contributed by atoms with Crippen LogP contribution in [-0.4, -0.2) is 36.4 Å². The van der Waals surface area contributed by atoms with Gasteiger partial charge < -0.3 is 4.90 Å². The molecule has 0 radical (unpaired) electrons. The highest BCUT2D eigenvalue weighted by atomic mass is 35.5. The fourth-order valence-corrected chi connectivity index (χ4v) is 1.32. The molecule has 0 heterocycles. The minimum Gasteiger partial charge on any atom is -0.345 e. The minimum absolute atomic E-state index is 0.173. The van der Waals surface area contributed by atoms with Gasteiger partial charge in [0.15, 0.2) is 6.29 Å². The summed E-state index contributed by atoms with van der Waals surface area (Å²) in [6.45, 7) is 0. The van der Waals surface area contributed by atoms with Crippen LogP contribution in [-0.2, 0) is 0 Å². The van der Waals surface area contributed by atoms with Gasteiger partial charge in [-0.1, -0.05) is 6.07 Å². The second-order valence-corrected chi connectivity index (χ2v) is 3.74. The minimum atomic E-state index is -0.662. The molecule has 0 spiro atoms. The highest BCUT2D eigenvalue weighted by Crippen LogP contribution is 2.14. The van der Waals surface area contributed by atoms with Crippen molar-refractivity contribution in [3.63, 3.8) is 0 Å². The van der Waals surface area contributed by atoms with E-state index in [1.54, 1.807) is 14.1 Å². The Morgan fingerprint density at radius 1 is 1.31 bits per heavy atom. The molecule has 1 aromatic rings. The summed E-state index contributed by atoms with van der Waals surface area (Å²) < 4.78 is 0. The number of carbonyl (C=O) groups excluding carboxylic acids is 3. The van der Waals surface area contributed by atoms with E-state index in [1.165, 1.54) is 23.1 Å². The number of nitrogens with zero attached hydrogens (tertiary/aromatic N) is 1. The molecule has 0 unspecified atom stereocenters. The topological polar surface area (TPSA) is 54.5 Å². The summed E-state index contributed by atoms with van der Waals surface area (Å²) in [5.41, 5.74) is 0.601. The van der Waals surface area contributed by atoms with E-state index >= 15 is 0 Å². The molecule has 0 aromatic heterocycles. The zero-order chi connectivity index (χ0) is 12.3. The molecule has 0 aliphatic heterocycles. The standard InChI is InChI=1S/C11H10ClNO3/c1-13(2)11(16)9-5-7(10(12)15)3-4-8(9)6-14/h3-6H,1-2H3. The molecule has 0 aliphatic rings. The third kappa shape index (κ3) is 2.46. The van der Waals surface area contributed by atoms with Gasteiger partial charge in [-0.2, -0.15) is 0 Å². The number of benzene rings is 1. The number of hydrogen-bond acceptors (Lipinski definition) is 3. The molecule has 0 N–H and O–H groups in total. The Hall–Kier alpha value is -1.68. The molecule has 16 heavy (non-hydrogen) atoms. The van der Waals surface area contributed by atoms with Crippen molar-refractivity contribution in [3.8, 4) is 0 Å². The predicted octanol–water partition coefficient (Wildman–Crippen LogP) is 1.58. The number of amides is 1. The van der Waals surface area contributed by atoms with E-state index in [-0.39, 0.29) is 22.6 Å². The van der Waals surface area contributed by atoms with Gasteiger partial charge in [0.1, 0.15) is 0 Å². The fourth-order valence-electron chi connectivity index (χ4n) is 1.21. The van der Waals surface area contributed by atoms with Crippen LogP contribution in [0.4, 0.5) is 0 Å². The summed E-state index contributed by atoms with van der Waals surface area (Å²) >= 11 is 5.30. The average molecular weight is 240 g/mol. The number of rotatable bonds is 3. The van der Waals surface area contributed by atoms with E-state index in [4.69, 9.17) is 11.6 Å². The average Bonchev–Trinajstić information content (AvgIpc) is 2.26. The van der Waals surface area contributed by atoms with E-state index in [9.17, 15) is 14.4 Å². The largest absolute Gasteiger partial charge is 0.345 e. The van der Waals surface area contributed by atoms with E-state index in [0.29, 0.717) is 6.29 Å². The Bertz CT molecular complexity index is 455. The van der Waals surface area contributed by atoms with Crippen LogP contribution < -0.4 is 0 Å². The van der Waals surface area contributed by atoms with Gasteiger partial charge in [-0.15, -0.1) is 0 Å². The van der Waals surface area contributed by atoms with Gasteiger partial charge in [0, 0.05) is 25.2 Å². The Morgan fingerprint density at radius 2 is 1.94 bits per heavy atom. The van der Waals surface area contributed by atoms with Crippen molar-refractivity contribution < 1.29 is 14.4 Å². The normalized spacial score (nSPS) is 9.69. The molecule has 0 aliphatic carbocycles. The summed E-state index contributed by atoms with van der Waals surface area (Å²) in [7, 11) is 3.12. The lowest BCUT2D eigenvalue weighted by molar-refractivity contribution is 0.0824. The van der Waals surface area contributed by atoms with Gasteiger partial charge in [-0.05, 0) is 23.7 Å². The molecule has 0 bridgehead atoms. The van der Waals surface area contributed by atoms with E-state index in [1.807, 2.05) is 0 Å². The van der Waals surface area contributed by atoms with Gasteiger partial charge >= 0.3 is 0 Å². The van der Waals surface area contributed by atoms with Crippen molar-refractivity contribution in [3.05, 3.63) is 34.9 Å². The van der Waals surface area contributed by atoms with Crippen LogP contribution in [0, 0.1) is 0 Å². The lowest BCUT2D eigenvalue weighted by atomic mass is 10.0. The van der Waals surface area contributed by atoms with Crippen LogP contribution >= 0.6 is 11.6 Å². The summed E-state index contributed by atoms with van der Waals surface area (Å²) in [5.74, 6) is -0.345. The van der Waals surface area contributed by atoms with Crippen LogP contribution in [0.2, 0.25) is 0 Å². The number of carbonyl (C=O) groups is 3. The molecule has 0 saturated carbocycles. The maximum absolute atomic E-state index is 11.7. The van der Waals surface area contributed by atoms with Gasteiger partial charge in [-0.3, -0.25) is 14.4 Å². The number of aldehydes is 1. The molecule has 84 valence electrons. The maximum Gasteiger partial charge on any atom is 0.254 e. The Labute approximate surface area is 97.8 Å². The summed E-state index contributed by atoms with van der Waals surface area (Å²) in [5, 5.41) is -0.662. The zero-order valence-corrected chi connectivity index (χ0v) is 9.62. The first-order chi connectivity index (χ1) is 7.47. The Balaban J connectivity index is 3.33. The highest BCUT2D eigenvalue weighted by molar-refractivity contribution is 6.67. The smallest absolute Gasteiger partial charge is 0.254 e. The maximum atomic E-state index is 11.7. The van der Waals surface area contributed by atoms with Gasteiger partial charge in [0.05, 0.1) is 5.56 Å². The molecular formula is C11H10ClNO3. The SMILES string of the molecule is CN(C)C(=O)c1cc(C(=O)Cl)ccc1C=O. The van der Waals surface area contributed by atoms with Crippen LogP contribution in [0.3, 0.4) is 0 Å². The van der Waals surface area contributed by atoms with Crippen LogP contribution in [0.15, 0.2) is 18.2 Å². The molecule has 1 amide bonds. The lowest BCUT2D eigenvalue weighted by Gasteiger charge is -2.12. The highest BCUT2D eigenvalue weighted by Gasteiger charge is 2.15. The van der Waals surface area contributed by atoms with Gasteiger partial charge in [0.2, 0.25) is 0 Å². The fraction of sp³-hybridized carbons (Fsp3) is 0.182. The third-order valence-corrected chi connectivity index (χ3v) is 2.26. The monoisotopic (exact) mass is 239 g/mol. The first kappa shape index (κ1) is 12.4. The van der Waals surface area contributed by atoms with Crippen LogP contribution in [0.1, 0.15) is 31.1 Å². The van der Waals surface area contributed by atoms with E-state index < -0.39 is 5.24 Å². The Kier molecular flexibility index (Phi) is 3.79. The lowest BCUT2D eigenvalue weighted by Crippen LogP contribution is -2.23. The summed E-state index contributed by atoms with van der Waals surface area (Å²) in [6.07, 6.45) is 0.569. The second-order valence-electron chi connectivity index (χ2n) is 3.39. The first-order valence-electron chi connectivity index (χ1n) is 4.48. The van der Waals surface area contributed by atoms with Crippen molar-refractivity contribution in [2.75, 3.05) is 14.1 Å². The van der Waals surface area contributed by atoms with E-state index in [2.05, 4.69) is 0 Å². The second kappa shape index (κ2) is 4.90. The van der Waals surface area contributed by atoms with Crippen molar-refractivity contribution in [2.24, 2.45) is 0 Å². The summed E-state index contributed by atoms with van der Waals surface area (Å²) in [6, 6.07) is 4.13. The summed E-state index contributed by atoms with van der Waals surface area (Å²) in [4.78, 5) is 34.7. The van der Waals surface area contributed by atoms with Gasteiger partial charge in [-0.25, -0.2) is 0 Å².